The van der Waals surface area contributed by atoms with Crippen molar-refractivity contribution in [1.82, 2.24) is 15.2 Å². The van der Waals surface area contributed by atoms with Crippen LogP contribution in [0.25, 0.3) is 10.6 Å². The van der Waals surface area contributed by atoms with Crippen molar-refractivity contribution in [1.29, 1.82) is 0 Å². The molecule has 2 amide bonds. The number of nitrogens with zero attached hydrogens (tertiary/aromatic N) is 2. The lowest BCUT2D eigenvalue weighted by Crippen LogP contribution is -2.49. The molecule has 1 aliphatic heterocycles. The standard InChI is InChI=1S/C25H29N3O4S2/c1-5-6-18(25(30)28-11-9-21-17(14-28)10-12-33-21)27-23(29)22-15(2)26-24(34-22)16-7-8-19(31-3)20(13-16)32-4/h7-8,10,12-13,18H,5-6,9,11,14H2,1-4H3,(H,27,29). The lowest BCUT2D eigenvalue weighted by Gasteiger charge is -2.30. The number of thiophene rings is 1. The molecule has 180 valence electrons. The number of ether oxygens (including phenoxy) is 2. The summed E-state index contributed by atoms with van der Waals surface area (Å²) in [5, 5.41) is 5.78. The zero-order valence-corrected chi connectivity index (χ0v) is 21.5. The van der Waals surface area contributed by atoms with Crippen LogP contribution in [0.4, 0.5) is 0 Å². The second-order valence-corrected chi connectivity index (χ2v) is 10.2. The van der Waals surface area contributed by atoms with E-state index in [9.17, 15) is 9.59 Å². The van der Waals surface area contributed by atoms with E-state index in [1.54, 1.807) is 25.6 Å². The maximum absolute atomic E-state index is 13.3. The third-order valence-corrected chi connectivity index (χ3v) is 8.16. The fourth-order valence-corrected chi connectivity index (χ4v) is 5.98. The van der Waals surface area contributed by atoms with Gasteiger partial charge in [-0.3, -0.25) is 9.59 Å². The third-order valence-electron chi connectivity index (χ3n) is 5.93. The number of nitrogens with one attached hydrogen (secondary N) is 1. The van der Waals surface area contributed by atoms with Crippen LogP contribution in [0, 0.1) is 6.92 Å². The predicted octanol–water partition coefficient (Wildman–Crippen LogP) is 4.68. The van der Waals surface area contributed by atoms with Crippen molar-refractivity contribution in [3.8, 4) is 22.1 Å². The minimum absolute atomic E-state index is 0.0191. The first kappa shape index (κ1) is 24.2. The van der Waals surface area contributed by atoms with Crippen molar-refractivity contribution in [3.05, 3.63) is 50.7 Å². The van der Waals surface area contributed by atoms with E-state index in [1.807, 2.05) is 36.9 Å². The SMILES string of the molecule is CCCC(NC(=O)c1sc(-c2ccc(OC)c(OC)c2)nc1C)C(=O)N1CCc2sccc2C1. The van der Waals surface area contributed by atoms with Gasteiger partial charge in [0.15, 0.2) is 11.5 Å². The fourth-order valence-electron chi connectivity index (χ4n) is 4.13. The summed E-state index contributed by atoms with van der Waals surface area (Å²) in [7, 11) is 3.17. The Balaban J connectivity index is 1.51. The molecule has 1 aliphatic rings. The molecule has 2 aromatic heterocycles. The van der Waals surface area contributed by atoms with Crippen LogP contribution in [0.5, 0.6) is 11.5 Å². The first-order valence-corrected chi connectivity index (χ1v) is 13.0. The molecule has 0 aliphatic carbocycles. The third kappa shape index (κ3) is 4.95. The normalized spacial score (nSPS) is 13.8. The molecule has 1 N–H and O–H groups in total. The number of hydrogen-bond donors (Lipinski definition) is 1. The molecule has 0 radical (unpaired) electrons. The smallest absolute Gasteiger partial charge is 0.263 e. The maximum Gasteiger partial charge on any atom is 0.263 e. The predicted molar refractivity (Wildman–Crippen MR) is 135 cm³/mol. The van der Waals surface area contributed by atoms with Gasteiger partial charge in [0.05, 0.1) is 19.9 Å². The molecular weight excluding hydrogens is 470 g/mol. The second-order valence-electron chi connectivity index (χ2n) is 8.20. The Morgan fingerprint density at radius 2 is 2.00 bits per heavy atom. The highest BCUT2D eigenvalue weighted by atomic mass is 32.1. The lowest BCUT2D eigenvalue weighted by molar-refractivity contribution is -0.134. The largest absolute Gasteiger partial charge is 0.493 e. The number of carbonyl (C=O) groups is 2. The first-order valence-electron chi connectivity index (χ1n) is 11.3. The monoisotopic (exact) mass is 499 g/mol. The Morgan fingerprint density at radius 1 is 1.21 bits per heavy atom. The molecule has 0 bridgehead atoms. The van der Waals surface area contributed by atoms with Gasteiger partial charge in [0.1, 0.15) is 15.9 Å². The Labute approximate surface area is 207 Å². The van der Waals surface area contributed by atoms with Gasteiger partial charge in [-0.2, -0.15) is 0 Å². The van der Waals surface area contributed by atoms with Crippen LogP contribution in [0.3, 0.4) is 0 Å². The molecule has 0 spiro atoms. The van der Waals surface area contributed by atoms with Crippen LogP contribution < -0.4 is 14.8 Å². The van der Waals surface area contributed by atoms with Crippen LogP contribution >= 0.6 is 22.7 Å². The van der Waals surface area contributed by atoms with E-state index in [-0.39, 0.29) is 11.8 Å². The summed E-state index contributed by atoms with van der Waals surface area (Å²) in [6.07, 6.45) is 2.26. The van der Waals surface area contributed by atoms with Gasteiger partial charge < -0.3 is 19.7 Å². The lowest BCUT2D eigenvalue weighted by atomic mass is 10.1. The number of amides is 2. The van der Waals surface area contributed by atoms with Crippen molar-refractivity contribution >= 4 is 34.5 Å². The van der Waals surface area contributed by atoms with Gasteiger partial charge in [0, 0.05) is 23.5 Å². The highest BCUT2D eigenvalue weighted by Crippen LogP contribution is 2.35. The summed E-state index contributed by atoms with van der Waals surface area (Å²) >= 11 is 3.05. The molecule has 4 rings (SSSR count). The fraction of sp³-hybridized carbons (Fsp3) is 0.400. The second kappa shape index (κ2) is 10.6. The molecule has 3 aromatic rings. The molecule has 34 heavy (non-hydrogen) atoms. The Morgan fingerprint density at radius 3 is 2.74 bits per heavy atom. The number of thiazole rings is 1. The summed E-state index contributed by atoms with van der Waals surface area (Å²) < 4.78 is 10.7. The molecule has 3 heterocycles. The number of aromatic nitrogens is 1. The average molecular weight is 500 g/mol. The highest BCUT2D eigenvalue weighted by molar-refractivity contribution is 7.17. The molecule has 9 heteroatoms. The minimum atomic E-state index is -0.552. The number of fused-ring (bicyclic) bond motifs is 1. The van der Waals surface area contributed by atoms with Crippen LogP contribution in [0.2, 0.25) is 0 Å². The summed E-state index contributed by atoms with van der Waals surface area (Å²) in [6.45, 7) is 5.13. The van der Waals surface area contributed by atoms with E-state index in [4.69, 9.17) is 9.47 Å². The van der Waals surface area contributed by atoms with Gasteiger partial charge in [0.2, 0.25) is 5.91 Å². The highest BCUT2D eigenvalue weighted by Gasteiger charge is 2.29. The van der Waals surface area contributed by atoms with Crippen molar-refractivity contribution in [3.63, 3.8) is 0 Å². The molecule has 1 atom stereocenters. The number of carbonyl (C=O) groups excluding carboxylic acids is 2. The molecule has 0 saturated heterocycles. The van der Waals surface area contributed by atoms with Crippen molar-refractivity contribution in [2.24, 2.45) is 0 Å². The van der Waals surface area contributed by atoms with E-state index in [2.05, 4.69) is 21.7 Å². The summed E-state index contributed by atoms with van der Waals surface area (Å²) in [5.74, 6) is 0.949. The van der Waals surface area contributed by atoms with Crippen LogP contribution in [0.1, 0.15) is 45.6 Å². The number of benzene rings is 1. The van der Waals surface area contributed by atoms with Crippen molar-refractivity contribution < 1.29 is 19.1 Å². The minimum Gasteiger partial charge on any atom is -0.493 e. The van der Waals surface area contributed by atoms with E-state index >= 15 is 0 Å². The van der Waals surface area contributed by atoms with Gasteiger partial charge in [0.25, 0.3) is 5.91 Å². The summed E-state index contributed by atoms with van der Waals surface area (Å²) in [5.41, 5.74) is 2.69. The van der Waals surface area contributed by atoms with Crippen molar-refractivity contribution in [2.75, 3.05) is 20.8 Å². The molecule has 0 fully saturated rings. The Bertz CT molecular complexity index is 1190. The van der Waals surface area contributed by atoms with Crippen LogP contribution in [0.15, 0.2) is 29.6 Å². The maximum atomic E-state index is 13.3. The van der Waals surface area contributed by atoms with E-state index in [0.717, 1.165) is 18.4 Å². The number of rotatable bonds is 8. The van der Waals surface area contributed by atoms with Crippen LogP contribution in [-0.2, 0) is 17.8 Å². The quantitative estimate of drug-likeness (QED) is 0.487. The first-order chi connectivity index (χ1) is 16.4. The summed E-state index contributed by atoms with van der Waals surface area (Å²) in [4.78, 5) is 34.8. The van der Waals surface area contributed by atoms with Crippen LogP contribution in [-0.4, -0.2) is 48.5 Å². The van der Waals surface area contributed by atoms with Gasteiger partial charge in [-0.05, 0) is 55.0 Å². The molecule has 7 nitrogen and oxygen atoms in total. The Kier molecular flexibility index (Phi) is 7.53. The van der Waals surface area contributed by atoms with Gasteiger partial charge in [-0.25, -0.2) is 4.98 Å². The van der Waals surface area contributed by atoms with Gasteiger partial charge >= 0.3 is 0 Å². The molecule has 1 unspecified atom stereocenters. The number of methoxy groups -OCH3 is 2. The topological polar surface area (TPSA) is 80.8 Å². The zero-order valence-electron chi connectivity index (χ0n) is 19.8. The number of aryl methyl sites for hydroxylation is 1. The van der Waals surface area contributed by atoms with E-state index in [0.29, 0.717) is 46.6 Å². The zero-order chi connectivity index (χ0) is 24.2. The molecule has 1 aromatic carbocycles. The Hall–Kier alpha value is -2.91. The van der Waals surface area contributed by atoms with Gasteiger partial charge in [-0.15, -0.1) is 22.7 Å². The molecular formula is C25H29N3O4S2. The van der Waals surface area contributed by atoms with Gasteiger partial charge in [-0.1, -0.05) is 13.3 Å². The van der Waals surface area contributed by atoms with Crippen molar-refractivity contribution in [2.45, 2.75) is 45.7 Å². The number of hydrogen-bond acceptors (Lipinski definition) is 7. The molecule has 0 saturated carbocycles. The van der Waals surface area contributed by atoms with E-state index < -0.39 is 6.04 Å². The van der Waals surface area contributed by atoms with E-state index in [1.165, 1.54) is 21.8 Å². The average Bonchev–Trinajstić information content (AvgIpc) is 3.48. The summed E-state index contributed by atoms with van der Waals surface area (Å²) in [6, 6.07) is 7.09.